The molecule has 0 spiro atoms. The smallest absolute Gasteiger partial charge is 0.201 e. The third-order valence-electron chi connectivity index (χ3n) is 4.89. The second-order valence-corrected chi connectivity index (χ2v) is 6.52. The van der Waals surface area contributed by atoms with E-state index in [1.54, 1.807) is 0 Å². The zero-order valence-electron chi connectivity index (χ0n) is 14.6. The third-order valence-corrected chi connectivity index (χ3v) is 4.89. The van der Waals surface area contributed by atoms with Crippen LogP contribution in [-0.2, 0) is 0 Å². The van der Waals surface area contributed by atoms with Crippen molar-refractivity contribution < 1.29 is 4.42 Å². The highest BCUT2D eigenvalue weighted by atomic mass is 16.3. The summed E-state index contributed by atoms with van der Waals surface area (Å²) < 4.78 is 6.26. The molecule has 1 heterocycles. The van der Waals surface area contributed by atoms with Crippen LogP contribution in [0.1, 0.15) is 0 Å². The van der Waals surface area contributed by atoms with Gasteiger partial charge < -0.3 is 4.42 Å². The van der Waals surface area contributed by atoms with Gasteiger partial charge in [-0.2, -0.15) is 0 Å². The van der Waals surface area contributed by atoms with Gasteiger partial charge in [-0.3, -0.25) is 4.79 Å². The van der Waals surface area contributed by atoms with Crippen molar-refractivity contribution in [2.45, 2.75) is 0 Å². The minimum Gasteiger partial charge on any atom is -0.455 e. The fraction of sp³-hybridized carbons (Fsp3) is 0. The highest BCUT2D eigenvalue weighted by Crippen LogP contribution is 2.35. The molecule has 0 aliphatic carbocycles. The van der Waals surface area contributed by atoms with E-state index in [0.29, 0.717) is 22.3 Å². The van der Waals surface area contributed by atoms with E-state index < -0.39 is 0 Å². The second kappa shape index (κ2) is 6.26. The van der Waals surface area contributed by atoms with Gasteiger partial charge in [0.25, 0.3) is 0 Å². The normalized spacial score (nSPS) is 11.1. The van der Waals surface area contributed by atoms with Crippen molar-refractivity contribution in [3.63, 3.8) is 0 Å². The SMILES string of the molecule is O=c1c(-c2cccc3ccccc23)c(-c2ccccc2)oc2ccccc12. The van der Waals surface area contributed by atoms with E-state index in [-0.39, 0.29) is 5.43 Å². The first kappa shape index (κ1) is 15.6. The van der Waals surface area contributed by atoms with E-state index in [4.69, 9.17) is 4.42 Å². The minimum absolute atomic E-state index is 0.00736. The predicted octanol–water partition coefficient (Wildman–Crippen LogP) is 6.28. The molecule has 0 bridgehead atoms. The summed E-state index contributed by atoms with van der Waals surface area (Å²) in [5.74, 6) is 0.607. The summed E-state index contributed by atoms with van der Waals surface area (Å²) in [6, 6.07) is 31.4. The molecule has 0 amide bonds. The van der Waals surface area contributed by atoms with Gasteiger partial charge in [0.15, 0.2) is 0 Å². The Balaban J connectivity index is 1.96. The zero-order valence-corrected chi connectivity index (χ0v) is 14.6. The molecule has 2 nitrogen and oxygen atoms in total. The van der Waals surface area contributed by atoms with Crippen LogP contribution < -0.4 is 5.43 Å². The highest BCUT2D eigenvalue weighted by molar-refractivity contribution is 6.01. The topological polar surface area (TPSA) is 30.2 Å². The minimum atomic E-state index is -0.00736. The highest BCUT2D eigenvalue weighted by Gasteiger charge is 2.19. The lowest BCUT2D eigenvalue weighted by Gasteiger charge is -2.12. The van der Waals surface area contributed by atoms with Crippen molar-refractivity contribution in [1.29, 1.82) is 0 Å². The lowest BCUT2D eigenvalue weighted by Crippen LogP contribution is -2.07. The van der Waals surface area contributed by atoms with Crippen LogP contribution in [-0.4, -0.2) is 0 Å². The maximum absolute atomic E-state index is 13.5. The Bertz CT molecular complexity index is 1330. The first-order chi connectivity index (χ1) is 13.3. The summed E-state index contributed by atoms with van der Waals surface area (Å²) in [6.07, 6.45) is 0. The lowest BCUT2D eigenvalue weighted by atomic mass is 9.94. The number of hydrogen-bond donors (Lipinski definition) is 0. The number of hydrogen-bond acceptors (Lipinski definition) is 2. The van der Waals surface area contributed by atoms with Crippen molar-refractivity contribution in [1.82, 2.24) is 0 Å². The zero-order chi connectivity index (χ0) is 18.2. The van der Waals surface area contributed by atoms with Crippen LogP contribution in [0.3, 0.4) is 0 Å². The van der Waals surface area contributed by atoms with Crippen LogP contribution in [0.5, 0.6) is 0 Å². The van der Waals surface area contributed by atoms with Crippen molar-refractivity contribution >= 4 is 21.7 Å². The summed E-state index contributed by atoms with van der Waals surface area (Å²) in [6.45, 7) is 0. The van der Waals surface area contributed by atoms with Crippen molar-refractivity contribution in [2.24, 2.45) is 0 Å². The molecular weight excluding hydrogens is 332 g/mol. The lowest BCUT2D eigenvalue weighted by molar-refractivity contribution is 0.621. The van der Waals surface area contributed by atoms with Gasteiger partial charge in [-0.15, -0.1) is 0 Å². The molecule has 0 aliphatic rings. The van der Waals surface area contributed by atoms with Gasteiger partial charge in [0.1, 0.15) is 11.3 Å². The van der Waals surface area contributed by atoms with Gasteiger partial charge in [-0.05, 0) is 28.5 Å². The molecule has 0 atom stereocenters. The molecule has 27 heavy (non-hydrogen) atoms. The Morgan fingerprint density at radius 3 is 2.11 bits per heavy atom. The van der Waals surface area contributed by atoms with Crippen LogP contribution in [0.2, 0.25) is 0 Å². The molecule has 2 heteroatoms. The molecule has 5 aromatic rings. The average molecular weight is 348 g/mol. The Labute approximate surface area is 156 Å². The monoisotopic (exact) mass is 348 g/mol. The average Bonchev–Trinajstić information content (AvgIpc) is 2.74. The van der Waals surface area contributed by atoms with Gasteiger partial charge >= 0.3 is 0 Å². The van der Waals surface area contributed by atoms with Crippen molar-refractivity contribution in [3.8, 4) is 22.5 Å². The van der Waals surface area contributed by atoms with E-state index in [0.717, 1.165) is 21.9 Å². The molecule has 4 aromatic carbocycles. The summed E-state index contributed by atoms with van der Waals surface area (Å²) >= 11 is 0. The molecule has 1 aromatic heterocycles. The van der Waals surface area contributed by atoms with Gasteiger partial charge in [0.05, 0.1) is 10.9 Å². The number of benzene rings is 4. The van der Waals surface area contributed by atoms with Crippen LogP contribution in [0.4, 0.5) is 0 Å². The predicted molar refractivity (Wildman–Crippen MR) is 111 cm³/mol. The number of para-hydroxylation sites is 1. The second-order valence-electron chi connectivity index (χ2n) is 6.52. The molecule has 0 fully saturated rings. The number of fused-ring (bicyclic) bond motifs is 2. The molecule has 0 radical (unpaired) electrons. The first-order valence-electron chi connectivity index (χ1n) is 8.92. The molecule has 128 valence electrons. The summed E-state index contributed by atoms with van der Waals surface area (Å²) in [5, 5.41) is 2.74. The fourth-order valence-electron chi connectivity index (χ4n) is 3.62. The fourth-order valence-corrected chi connectivity index (χ4v) is 3.62. The standard InChI is InChI=1S/C25H16O2/c26-24-21-14-6-7-16-22(21)27-25(18-10-2-1-3-11-18)23(24)20-15-8-12-17-9-4-5-13-19(17)20/h1-16H. The van der Waals surface area contributed by atoms with Crippen LogP contribution in [0, 0.1) is 0 Å². The summed E-state index contributed by atoms with van der Waals surface area (Å²) in [5.41, 5.74) is 2.99. The van der Waals surface area contributed by atoms with Gasteiger partial charge in [-0.1, -0.05) is 84.9 Å². The van der Waals surface area contributed by atoms with Gasteiger partial charge in [-0.25, -0.2) is 0 Å². The molecule has 0 saturated carbocycles. The molecule has 0 unspecified atom stereocenters. The maximum Gasteiger partial charge on any atom is 0.201 e. The van der Waals surface area contributed by atoms with E-state index in [9.17, 15) is 4.79 Å². The molecule has 5 rings (SSSR count). The van der Waals surface area contributed by atoms with Gasteiger partial charge in [0, 0.05) is 5.56 Å². The Hall–Kier alpha value is -3.65. The Kier molecular flexibility index (Phi) is 3.61. The van der Waals surface area contributed by atoms with E-state index >= 15 is 0 Å². The molecule has 0 N–H and O–H groups in total. The summed E-state index contributed by atoms with van der Waals surface area (Å²) in [7, 11) is 0. The van der Waals surface area contributed by atoms with Crippen LogP contribution in [0.25, 0.3) is 44.2 Å². The van der Waals surface area contributed by atoms with Crippen molar-refractivity contribution in [2.75, 3.05) is 0 Å². The van der Waals surface area contributed by atoms with E-state index in [1.807, 2.05) is 84.9 Å². The molecular formula is C25H16O2. The first-order valence-corrected chi connectivity index (χ1v) is 8.92. The largest absolute Gasteiger partial charge is 0.455 e. The third kappa shape index (κ3) is 2.54. The van der Waals surface area contributed by atoms with Crippen LogP contribution in [0.15, 0.2) is 106 Å². The quantitative estimate of drug-likeness (QED) is 0.376. The summed E-state index contributed by atoms with van der Waals surface area (Å²) in [4.78, 5) is 13.5. The molecule has 0 saturated heterocycles. The van der Waals surface area contributed by atoms with Crippen LogP contribution >= 0.6 is 0 Å². The van der Waals surface area contributed by atoms with E-state index in [1.165, 1.54) is 0 Å². The maximum atomic E-state index is 13.5. The Morgan fingerprint density at radius 2 is 1.26 bits per heavy atom. The number of rotatable bonds is 2. The molecule has 0 aliphatic heterocycles. The Morgan fingerprint density at radius 1 is 0.593 bits per heavy atom. The van der Waals surface area contributed by atoms with E-state index in [2.05, 4.69) is 12.1 Å². The van der Waals surface area contributed by atoms with Crippen molar-refractivity contribution in [3.05, 3.63) is 107 Å². The van der Waals surface area contributed by atoms with Gasteiger partial charge in [0.2, 0.25) is 5.43 Å².